The number of aromatic nitrogens is 4. The Morgan fingerprint density at radius 3 is 1.57 bits per heavy atom. The van der Waals surface area contributed by atoms with Crippen LogP contribution in [0.3, 0.4) is 0 Å². The molecule has 0 radical (unpaired) electrons. The van der Waals surface area contributed by atoms with E-state index < -0.39 is 26.1 Å². The Labute approximate surface area is 347 Å². The molecule has 4 N–H and O–H groups in total. The molecule has 4 amide bonds. The Morgan fingerprint density at radius 1 is 0.667 bits per heavy atom. The van der Waals surface area contributed by atoms with Gasteiger partial charge in [0.25, 0.3) is 31.9 Å². The first-order chi connectivity index (χ1) is 28.6. The quantitative estimate of drug-likeness (QED) is 0.196. The minimum Gasteiger partial charge on any atom is -0.339 e. The Morgan fingerprint density at radius 2 is 1.10 bits per heavy atom. The van der Waals surface area contributed by atoms with Crippen LogP contribution >= 0.6 is 0 Å². The average Bonchev–Trinajstić information content (AvgIpc) is 4.05. The van der Waals surface area contributed by atoms with Crippen LogP contribution in [0, 0.1) is 0 Å². The minimum absolute atomic E-state index is 0.197. The molecular formula is C40H46N10O8S2. The number of carbonyl (C=O) groups is 3. The summed E-state index contributed by atoms with van der Waals surface area (Å²) in [6.45, 7) is 1.84. The highest BCUT2D eigenvalue weighted by Gasteiger charge is 2.31. The van der Waals surface area contributed by atoms with Gasteiger partial charge < -0.3 is 15.1 Å². The number of nitrogens with zero attached hydrogens (tertiary/aromatic N) is 7. The normalized spacial score (nSPS) is 17.2. The molecule has 4 aromatic rings. The van der Waals surface area contributed by atoms with Gasteiger partial charge >= 0.3 is 6.03 Å². The van der Waals surface area contributed by atoms with Crippen LogP contribution in [0.25, 0.3) is 0 Å². The second-order valence-corrected chi connectivity index (χ2v) is 19.0. The van der Waals surface area contributed by atoms with Gasteiger partial charge in [-0.25, -0.2) is 27.9 Å². The fraction of sp³-hybridized carbons (Fsp3) is 0.450. The van der Waals surface area contributed by atoms with Crippen LogP contribution in [0.2, 0.25) is 0 Å². The van der Waals surface area contributed by atoms with Gasteiger partial charge in [-0.05, 0) is 122 Å². The zero-order valence-corrected chi connectivity index (χ0v) is 35.0. The lowest BCUT2D eigenvalue weighted by Gasteiger charge is -2.22. The predicted molar refractivity (Wildman–Crippen MR) is 218 cm³/mol. The molecule has 0 unspecified atom stereocenters. The third-order valence-electron chi connectivity index (χ3n) is 12.0. The van der Waals surface area contributed by atoms with Crippen molar-refractivity contribution < 1.29 is 36.0 Å². The van der Waals surface area contributed by atoms with Gasteiger partial charge in [-0.3, -0.25) is 19.0 Å². The van der Waals surface area contributed by atoms with E-state index in [0.29, 0.717) is 26.2 Å². The maximum Gasteiger partial charge on any atom is 0.333 e. The van der Waals surface area contributed by atoms with Gasteiger partial charge in [-0.1, -0.05) is 12.1 Å². The van der Waals surface area contributed by atoms with Crippen LogP contribution in [-0.4, -0.2) is 97.3 Å². The van der Waals surface area contributed by atoms with Crippen molar-refractivity contribution in [3.8, 4) is 0 Å². The van der Waals surface area contributed by atoms with E-state index in [2.05, 4.69) is 37.4 Å². The van der Waals surface area contributed by atoms with Crippen molar-refractivity contribution >= 4 is 55.3 Å². The zero-order valence-electron chi connectivity index (χ0n) is 33.4. The summed E-state index contributed by atoms with van der Waals surface area (Å²) < 4.78 is 52.3. The molecular weight excluding hydrogens is 813 g/mol. The molecule has 316 valence electrons. The summed E-state index contributed by atoms with van der Waals surface area (Å²) in [6, 6.07) is 6.19. The highest BCUT2D eigenvalue weighted by molar-refractivity contribution is 7.90. The van der Waals surface area contributed by atoms with Crippen molar-refractivity contribution in [3.63, 3.8) is 0 Å². The highest BCUT2D eigenvalue weighted by Crippen LogP contribution is 2.40. The summed E-state index contributed by atoms with van der Waals surface area (Å²) in [5, 5.41) is 14.9. The van der Waals surface area contributed by atoms with Crippen LogP contribution in [0.4, 0.5) is 16.2 Å². The first kappa shape index (κ1) is 41.1. The monoisotopic (exact) mass is 858 g/mol. The van der Waals surface area contributed by atoms with Crippen molar-refractivity contribution in [2.75, 3.05) is 32.5 Å². The van der Waals surface area contributed by atoms with E-state index in [9.17, 15) is 36.0 Å². The second kappa shape index (κ2) is 16.1. The smallest absolute Gasteiger partial charge is 0.333 e. The van der Waals surface area contributed by atoms with Crippen molar-refractivity contribution in [3.05, 3.63) is 80.2 Å². The zero-order chi connectivity index (χ0) is 42.5. The van der Waals surface area contributed by atoms with Crippen LogP contribution in [-0.2, 0) is 89.3 Å². The molecule has 60 heavy (non-hydrogen) atoms. The molecule has 18 nitrogen and oxygen atoms in total. The third-order valence-corrected chi connectivity index (χ3v) is 14.0. The third kappa shape index (κ3) is 7.87. The molecule has 0 atom stereocenters. The van der Waals surface area contributed by atoms with Gasteiger partial charge in [0, 0.05) is 45.0 Å². The van der Waals surface area contributed by atoms with Crippen LogP contribution in [0.15, 0.2) is 39.3 Å². The topological polar surface area (TPSA) is 241 Å². The molecule has 2 aromatic heterocycles. The first-order valence-electron chi connectivity index (χ1n) is 20.1. The number of benzene rings is 2. The van der Waals surface area contributed by atoms with Crippen molar-refractivity contribution in [2.45, 2.75) is 100 Å². The number of carbonyl (C=O) groups excluding carboxylic acids is 4. The molecule has 0 spiro atoms. The fourth-order valence-corrected chi connectivity index (χ4v) is 10.4. The van der Waals surface area contributed by atoms with Crippen molar-refractivity contribution in [1.82, 2.24) is 34.1 Å². The molecule has 4 heterocycles. The van der Waals surface area contributed by atoms with E-state index >= 15 is 0 Å². The lowest BCUT2D eigenvalue weighted by molar-refractivity contribution is 0.0735. The summed E-state index contributed by atoms with van der Waals surface area (Å²) in [4.78, 5) is 53.9. The van der Waals surface area contributed by atoms with E-state index in [-0.39, 0.29) is 33.3 Å². The minimum atomic E-state index is -4.21. The molecule has 0 bridgehead atoms. The number of urea groups is 1. The highest BCUT2D eigenvalue weighted by atomic mass is 32.2. The van der Waals surface area contributed by atoms with E-state index in [0.717, 1.165) is 86.7 Å². The number of hydrogen-bond donors (Lipinski definition) is 3. The summed E-state index contributed by atoms with van der Waals surface area (Å²) in [5.74, 6) is -0.543. The number of hydrogen-bond acceptors (Lipinski definition) is 11. The number of nitrogens with two attached hydrogens (primary N) is 1. The molecule has 2 aromatic carbocycles. The Kier molecular flexibility index (Phi) is 11.0. The first-order valence-corrected chi connectivity index (χ1v) is 23.1. The Bertz CT molecular complexity index is 2670. The lowest BCUT2D eigenvalue weighted by atomic mass is 9.99. The number of likely N-dealkylation sites (N-methyl/N-ethyl adjacent to an activating group) is 2. The van der Waals surface area contributed by atoms with Gasteiger partial charge in [0.15, 0.2) is 10.1 Å². The van der Waals surface area contributed by atoms with E-state index in [4.69, 9.17) is 5.14 Å². The number of isocyanates is 1. The summed E-state index contributed by atoms with van der Waals surface area (Å²) >= 11 is 0. The van der Waals surface area contributed by atoms with Gasteiger partial charge in [0.2, 0.25) is 6.08 Å². The molecule has 6 aliphatic rings. The number of fused-ring (bicyclic) bond motifs is 6. The maximum atomic E-state index is 12.7. The predicted octanol–water partition coefficient (Wildman–Crippen LogP) is 2.70. The summed E-state index contributed by atoms with van der Waals surface area (Å²) in [5.41, 5.74) is 12.4. The fourth-order valence-electron chi connectivity index (χ4n) is 9.07. The SMILES string of the molecule is CN1CCn2nc(S(=O)(=O)NC(=O)Nc3c4c(cc5c3CCC5)CCC4)cc2C1=O.CN1CCn2nc(S(N)(=O)=O)cc2C1=O.O=C=Nc1c2c(cc3c1CCC3)CCC2. The van der Waals surface area contributed by atoms with E-state index in [1.54, 1.807) is 20.2 Å². The molecule has 2 aliphatic heterocycles. The van der Waals surface area contributed by atoms with Gasteiger partial charge in [-0.2, -0.15) is 23.6 Å². The van der Waals surface area contributed by atoms with E-state index in [1.165, 1.54) is 77.5 Å². The number of primary sulfonamides is 1. The van der Waals surface area contributed by atoms with Gasteiger partial charge in [0.1, 0.15) is 11.4 Å². The Balaban J connectivity index is 0.000000139. The average molecular weight is 859 g/mol. The molecule has 0 saturated heterocycles. The Hall–Kier alpha value is -5.69. The number of nitrogens with one attached hydrogen (secondary N) is 2. The second-order valence-electron chi connectivity index (χ2n) is 15.9. The molecule has 0 fully saturated rings. The van der Waals surface area contributed by atoms with Crippen molar-refractivity contribution in [2.24, 2.45) is 10.1 Å². The molecule has 20 heteroatoms. The number of sulfonamides is 2. The summed E-state index contributed by atoms with van der Waals surface area (Å²) in [6.07, 6.45) is 14.4. The number of aryl methyl sites for hydroxylation is 4. The van der Waals surface area contributed by atoms with Crippen LogP contribution in [0.1, 0.15) is 91.2 Å². The number of anilines is 1. The summed E-state index contributed by atoms with van der Waals surface area (Å²) in [7, 11) is -4.75. The van der Waals surface area contributed by atoms with Gasteiger partial charge in [0.05, 0.1) is 18.8 Å². The number of amides is 4. The number of rotatable bonds is 5. The lowest BCUT2D eigenvalue weighted by Crippen LogP contribution is -2.37. The van der Waals surface area contributed by atoms with Crippen LogP contribution in [0.5, 0.6) is 0 Å². The molecule has 0 saturated carbocycles. The molecule has 4 aliphatic carbocycles. The van der Waals surface area contributed by atoms with Crippen molar-refractivity contribution in [1.29, 1.82) is 0 Å². The van der Waals surface area contributed by atoms with Gasteiger partial charge in [-0.15, -0.1) is 0 Å². The standard InChI is InChI=1S/C20H23N5O4S.C13H13NO.C7H10N4O3S/c1-24-8-9-25-16(19(24)26)11-17(22-25)30(28,29)23-20(27)21-18-14-6-2-4-12(14)10-13-5-3-7-15(13)18;15-8-14-13-11-5-1-3-9(11)7-10-4-2-6-12(10)13;1-10-2-3-11-5(7(10)12)4-6(9-11)15(8,13)14/h10-11H,2-9H2,1H3,(H2,21,23,27);7H,1-6H2;4H,2-3H2,1H3,(H2,8,13,14). The molecule has 10 rings (SSSR count). The maximum absolute atomic E-state index is 12.7. The van der Waals surface area contributed by atoms with E-state index in [1.807, 2.05) is 0 Å². The van der Waals surface area contributed by atoms with Crippen LogP contribution < -0.4 is 15.2 Å². The number of aliphatic imine (C=N–C) groups is 1. The largest absolute Gasteiger partial charge is 0.339 e.